The summed E-state index contributed by atoms with van der Waals surface area (Å²) in [5, 5.41) is 2.90. The van der Waals surface area contributed by atoms with E-state index in [0.717, 1.165) is 3.57 Å². The van der Waals surface area contributed by atoms with Gasteiger partial charge >= 0.3 is 5.97 Å². The van der Waals surface area contributed by atoms with Crippen LogP contribution in [-0.4, -0.2) is 24.5 Å². The molecule has 1 saturated carbocycles. The van der Waals surface area contributed by atoms with Crippen molar-refractivity contribution in [3.05, 3.63) is 33.4 Å². The molecule has 1 aliphatic carbocycles. The van der Waals surface area contributed by atoms with Crippen LogP contribution in [0.5, 0.6) is 0 Å². The first-order valence-electron chi connectivity index (χ1n) is 7.80. The third-order valence-electron chi connectivity index (χ3n) is 4.00. The van der Waals surface area contributed by atoms with Crippen molar-refractivity contribution in [1.29, 1.82) is 0 Å². The highest BCUT2D eigenvalue weighted by Crippen LogP contribution is 2.22. The molecule has 1 aromatic rings. The molecule has 0 aromatic heterocycles. The van der Waals surface area contributed by atoms with Crippen LogP contribution in [0.1, 0.15) is 49.4 Å². The average Bonchev–Trinajstić information content (AvgIpc) is 2.53. The Labute approximate surface area is 145 Å². The van der Waals surface area contributed by atoms with E-state index in [2.05, 4.69) is 27.9 Å². The molecule has 1 aliphatic rings. The molecule has 0 bridgehead atoms. The van der Waals surface area contributed by atoms with Gasteiger partial charge in [-0.05, 0) is 66.5 Å². The van der Waals surface area contributed by atoms with Gasteiger partial charge in [0.15, 0.2) is 6.10 Å². The van der Waals surface area contributed by atoms with Crippen LogP contribution in [0.3, 0.4) is 0 Å². The van der Waals surface area contributed by atoms with E-state index in [1.165, 1.54) is 32.1 Å². The van der Waals surface area contributed by atoms with Crippen LogP contribution in [0, 0.1) is 9.49 Å². The number of carbonyl (C=O) groups excluding carboxylic acids is 2. The fourth-order valence-corrected chi connectivity index (χ4v) is 3.22. The quantitative estimate of drug-likeness (QED) is 0.592. The van der Waals surface area contributed by atoms with Gasteiger partial charge in [-0.2, -0.15) is 0 Å². The second-order valence-electron chi connectivity index (χ2n) is 5.81. The number of hydrogen-bond acceptors (Lipinski definition) is 3. The minimum Gasteiger partial charge on any atom is -0.449 e. The van der Waals surface area contributed by atoms with Crippen molar-refractivity contribution in [1.82, 2.24) is 5.32 Å². The zero-order chi connectivity index (χ0) is 15.9. The molecule has 1 amide bonds. The molecule has 0 unspecified atom stereocenters. The normalized spacial score (nSPS) is 16.8. The van der Waals surface area contributed by atoms with Gasteiger partial charge in [-0.1, -0.05) is 25.3 Å². The molecule has 22 heavy (non-hydrogen) atoms. The first-order chi connectivity index (χ1) is 10.6. The monoisotopic (exact) mass is 415 g/mol. The van der Waals surface area contributed by atoms with Crippen molar-refractivity contribution in [2.24, 2.45) is 5.92 Å². The van der Waals surface area contributed by atoms with Crippen LogP contribution in [0.2, 0.25) is 0 Å². The smallest absolute Gasteiger partial charge is 0.338 e. The van der Waals surface area contributed by atoms with E-state index in [1.54, 1.807) is 25.1 Å². The van der Waals surface area contributed by atoms with Crippen molar-refractivity contribution in [2.75, 3.05) is 6.54 Å². The lowest BCUT2D eigenvalue weighted by Crippen LogP contribution is -2.38. The minimum atomic E-state index is -0.769. The van der Waals surface area contributed by atoms with Crippen molar-refractivity contribution in [3.8, 4) is 0 Å². The predicted octanol–water partition coefficient (Wildman–Crippen LogP) is 3.53. The summed E-state index contributed by atoms with van der Waals surface area (Å²) in [6.45, 7) is 2.30. The number of hydrogen-bond donors (Lipinski definition) is 1. The van der Waals surface area contributed by atoms with Gasteiger partial charge in [0.05, 0.1) is 5.56 Å². The summed E-state index contributed by atoms with van der Waals surface area (Å²) in [6, 6.07) is 7.14. The first-order valence-corrected chi connectivity index (χ1v) is 8.88. The van der Waals surface area contributed by atoms with Gasteiger partial charge in [-0.15, -0.1) is 0 Å². The second-order valence-corrected chi connectivity index (χ2v) is 7.05. The molecule has 0 spiro atoms. The number of rotatable bonds is 5. The van der Waals surface area contributed by atoms with Crippen molar-refractivity contribution in [3.63, 3.8) is 0 Å². The summed E-state index contributed by atoms with van der Waals surface area (Å²) in [5.74, 6) is -0.111. The Morgan fingerprint density at radius 3 is 2.73 bits per heavy atom. The van der Waals surface area contributed by atoms with E-state index in [0.29, 0.717) is 18.0 Å². The van der Waals surface area contributed by atoms with Crippen molar-refractivity contribution < 1.29 is 14.3 Å². The van der Waals surface area contributed by atoms with E-state index in [1.807, 2.05) is 6.07 Å². The second kappa shape index (κ2) is 8.50. The molecule has 0 radical (unpaired) electrons. The van der Waals surface area contributed by atoms with E-state index >= 15 is 0 Å². The Morgan fingerprint density at radius 1 is 1.32 bits per heavy atom. The molecule has 0 saturated heterocycles. The maximum absolute atomic E-state index is 12.0. The maximum Gasteiger partial charge on any atom is 0.338 e. The lowest BCUT2D eigenvalue weighted by atomic mass is 9.89. The highest BCUT2D eigenvalue weighted by Gasteiger charge is 2.20. The third kappa shape index (κ3) is 5.26. The number of nitrogens with one attached hydrogen (secondary N) is 1. The summed E-state index contributed by atoms with van der Waals surface area (Å²) in [7, 11) is 0. The van der Waals surface area contributed by atoms with Crippen molar-refractivity contribution in [2.45, 2.75) is 45.1 Å². The maximum atomic E-state index is 12.0. The number of carbonyl (C=O) groups is 2. The van der Waals surface area contributed by atoms with Crippen LogP contribution >= 0.6 is 22.6 Å². The van der Waals surface area contributed by atoms with Gasteiger partial charge in [0.2, 0.25) is 0 Å². The third-order valence-corrected chi connectivity index (χ3v) is 4.67. The van der Waals surface area contributed by atoms with Gasteiger partial charge in [0.1, 0.15) is 0 Å². The summed E-state index contributed by atoms with van der Waals surface area (Å²) in [5.41, 5.74) is 0.471. The van der Waals surface area contributed by atoms with E-state index in [4.69, 9.17) is 4.74 Å². The number of esters is 1. The molecule has 1 N–H and O–H groups in total. The number of amides is 1. The van der Waals surface area contributed by atoms with Gasteiger partial charge < -0.3 is 10.1 Å². The van der Waals surface area contributed by atoms with Crippen molar-refractivity contribution >= 4 is 34.5 Å². The molecule has 120 valence electrons. The average molecular weight is 415 g/mol. The number of ether oxygens (including phenoxy) is 1. The summed E-state index contributed by atoms with van der Waals surface area (Å²) >= 11 is 2.14. The lowest BCUT2D eigenvalue weighted by Gasteiger charge is -2.22. The number of halogens is 1. The molecule has 2 rings (SSSR count). The Morgan fingerprint density at radius 2 is 2.05 bits per heavy atom. The molecular formula is C17H22INO3. The zero-order valence-corrected chi connectivity index (χ0v) is 15.0. The Bertz CT molecular complexity index is 526. The predicted molar refractivity (Wildman–Crippen MR) is 93.6 cm³/mol. The zero-order valence-electron chi connectivity index (χ0n) is 12.8. The van der Waals surface area contributed by atoms with E-state index in [9.17, 15) is 9.59 Å². The van der Waals surface area contributed by atoms with Gasteiger partial charge in [0, 0.05) is 10.1 Å². The Kier molecular flexibility index (Phi) is 6.67. The van der Waals surface area contributed by atoms with Gasteiger partial charge in [0.25, 0.3) is 5.91 Å². The molecular weight excluding hydrogens is 393 g/mol. The SMILES string of the molecule is C[C@H](OC(=O)c1cccc(I)c1)C(=O)NCC1CCCCC1. The van der Waals surface area contributed by atoms with Crippen LogP contribution in [0.15, 0.2) is 24.3 Å². The van der Waals surface area contributed by atoms with E-state index < -0.39 is 12.1 Å². The number of benzene rings is 1. The van der Waals surface area contributed by atoms with Crippen LogP contribution in [0.4, 0.5) is 0 Å². The minimum absolute atomic E-state index is 0.218. The summed E-state index contributed by atoms with van der Waals surface area (Å²) in [4.78, 5) is 24.0. The molecule has 5 heteroatoms. The fraction of sp³-hybridized carbons (Fsp3) is 0.529. The highest BCUT2D eigenvalue weighted by molar-refractivity contribution is 14.1. The largest absolute Gasteiger partial charge is 0.449 e. The molecule has 1 fully saturated rings. The summed E-state index contributed by atoms with van der Waals surface area (Å²) < 4.78 is 6.20. The molecule has 4 nitrogen and oxygen atoms in total. The standard InChI is InChI=1S/C17H22INO3/c1-12(16(20)19-11-13-6-3-2-4-7-13)22-17(21)14-8-5-9-15(18)10-14/h5,8-10,12-13H,2-4,6-7,11H2,1H3,(H,19,20)/t12-/m0/s1. The Balaban J connectivity index is 1.79. The van der Waals surface area contributed by atoms with E-state index in [-0.39, 0.29) is 5.91 Å². The summed E-state index contributed by atoms with van der Waals surface area (Å²) in [6.07, 6.45) is 5.38. The molecule has 1 aromatic carbocycles. The van der Waals surface area contributed by atoms with Crippen LogP contribution in [-0.2, 0) is 9.53 Å². The lowest BCUT2D eigenvalue weighted by molar-refractivity contribution is -0.129. The Hall–Kier alpha value is -1.11. The highest BCUT2D eigenvalue weighted by atomic mass is 127. The van der Waals surface area contributed by atoms with Gasteiger partial charge in [-0.3, -0.25) is 4.79 Å². The molecule has 0 heterocycles. The fourth-order valence-electron chi connectivity index (χ4n) is 2.68. The topological polar surface area (TPSA) is 55.4 Å². The molecule has 1 atom stereocenters. The van der Waals surface area contributed by atoms with Gasteiger partial charge in [-0.25, -0.2) is 4.79 Å². The van der Waals surface area contributed by atoms with Crippen LogP contribution < -0.4 is 5.32 Å². The van der Waals surface area contributed by atoms with Crippen LogP contribution in [0.25, 0.3) is 0 Å². The first kappa shape index (κ1) is 17.2. The molecule has 0 aliphatic heterocycles.